The average molecular weight is 285 g/mol. The van der Waals surface area contributed by atoms with Gasteiger partial charge in [-0.2, -0.15) is 0 Å². The normalized spacial score (nSPS) is 11.5. The molecule has 1 aromatic rings. The summed E-state index contributed by atoms with van der Waals surface area (Å²) in [6, 6.07) is 4.09. The number of aryl methyl sites for hydroxylation is 1. The van der Waals surface area contributed by atoms with Crippen LogP contribution in [0.5, 0.6) is 0 Å². The first-order valence-electron chi connectivity index (χ1n) is 6.22. The van der Waals surface area contributed by atoms with Crippen LogP contribution in [-0.2, 0) is 10.0 Å². The number of nitrogens with one attached hydrogen (secondary N) is 1. The lowest BCUT2D eigenvalue weighted by Gasteiger charge is -2.10. The Kier molecular flexibility index (Phi) is 5.50. The lowest BCUT2D eigenvalue weighted by atomic mass is 10.1. The SMILES string of the molecule is CCCCCNS(=O)(=O)c1cc(C(=O)O)ccc1C. The maximum atomic E-state index is 12.1. The van der Waals surface area contributed by atoms with Gasteiger partial charge in [0.1, 0.15) is 0 Å². The second-order valence-electron chi connectivity index (χ2n) is 4.39. The minimum atomic E-state index is -3.64. The van der Waals surface area contributed by atoms with E-state index in [9.17, 15) is 13.2 Å². The number of benzene rings is 1. The molecule has 0 atom stereocenters. The van der Waals surface area contributed by atoms with Gasteiger partial charge >= 0.3 is 5.97 Å². The number of hydrogen-bond donors (Lipinski definition) is 2. The summed E-state index contributed by atoms with van der Waals surface area (Å²) in [4.78, 5) is 10.9. The molecule has 0 heterocycles. The van der Waals surface area contributed by atoms with Crippen LogP contribution in [0.1, 0.15) is 42.1 Å². The molecule has 0 aliphatic rings. The van der Waals surface area contributed by atoms with Crippen molar-refractivity contribution in [3.8, 4) is 0 Å². The van der Waals surface area contributed by atoms with Crippen molar-refractivity contribution in [2.45, 2.75) is 38.0 Å². The lowest BCUT2D eigenvalue weighted by molar-refractivity contribution is 0.0696. The van der Waals surface area contributed by atoms with Gasteiger partial charge in [-0.05, 0) is 31.0 Å². The zero-order chi connectivity index (χ0) is 14.5. The summed E-state index contributed by atoms with van der Waals surface area (Å²) in [7, 11) is -3.64. The average Bonchev–Trinajstić information content (AvgIpc) is 2.34. The Morgan fingerprint density at radius 1 is 1.32 bits per heavy atom. The second kappa shape index (κ2) is 6.68. The van der Waals surface area contributed by atoms with Crippen LogP contribution in [0.25, 0.3) is 0 Å². The summed E-state index contributed by atoms with van der Waals surface area (Å²) in [5, 5.41) is 8.90. The fourth-order valence-corrected chi connectivity index (χ4v) is 3.02. The number of sulfonamides is 1. The minimum absolute atomic E-state index is 0.0282. The Hall–Kier alpha value is -1.40. The van der Waals surface area contributed by atoms with E-state index in [-0.39, 0.29) is 10.5 Å². The third-order valence-electron chi connectivity index (χ3n) is 2.80. The molecule has 1 rings (SSSR count). The van der Waals surface area contributed by atoms with Crippen molar-refractivity contribution >= 4 is 16.0 Å². The third kappa shape index (κ3) is 4.33. The number of rotatable bonds is 7. The van der Waals surface area contributed by atoms with E-state index < -0.39 is 16.0 Å². The van der Waals surface area contributed by atoms with Gasteiger partial charge in [0.05, 0.1) is 10.5 Å². The molecule has 2 N–H and O–H groups in total. The Morgan fingerprint density at radius 3 is 2.58 bits per heavy atom. The largest absolute Gasteiger partial charge is 0.478 e. The monoisotopic (exact) mass is 285 g/mol. The zero-order valence-corrected chi connectivity index (χ0v) is 12.0. The summed E-state index contributed by atoms with van der Waals surface area (Å²) in [5.41, 5.74) is 0.507. The number of carboxylic acids is 1. The molecule has 0 amide bonds. The first-order chi connectivity index (χ1) is 8.88. The smallest absolute Gasteiger partial charge is 0.335 e. The van der Waals surface area contributed by atoms with Crippen molar-refractivity contribution in [2.75, 3.05) is 6.54 Å². The highest BCUT2D eigenvalue weighted by Gasteiger charge is 2.18. The van der Waals surface area contributed by atoms with Crippen LogP contribution in [0.4, 0.5) is 0 Å². The van der Waals surface area contributed by atoms with E-state index in [0.717, 1.165) is 19.3 Å². The van der Waals surface area contributed by atoms with Gasteiger partial charge in [-0.1, -0.05) is 25.8 Å². The number of hydrogen-bond acceptors (Lipinski definition) is 3. The predicted octanol–water partition coefficient (Wildman–Crippen LogP) is 2.16. The van der Waals surface area contributed by atoms with Gasteiger partial charge in [0, 0.05) is 6.54 Å². The molecular weight excluding hydrogens is 266 g/mol. The summed E-state index contributed by atoms with van der Waals surface area (Å²) < 4.78 is 26.7. The third-order valence-corrected chi connectivity index (χ3v) is 4.40. The molecular formula is C13H19NO4S. The fraction of sp³-hybridized carbons (Fsp3) is 0.462. The van der Waals surface area contributed by atoms with Crippen molar-refractivity contribution in [1.82, 2.24) is 4.72 Å². The van der Waals surface area contributed by atoms with Crippen molar-refractivity contribution in [3.05, 3.63) is 29.3 Å². The quantitative estimate of drug-likeness (QED) is 0.752. The number of aromatic carboxylic acids is 1. The Balaban J connectivity index is 2.94. The van der Waals surface area contributed by atoms with Crippen molar-refractivity contribution < 1.29 is 18.3 Å². The fourth-order valence-electron chi connectivity index (χ4n) is 1.68. The molecule has 5 nitrogen and oxygen atoms in total. The van der Waals surface area contributed by atoms with Gasteiger partial charge in [0.2, 0.25) is 10.0 Å². The second-order valence-corrected chi connectivity index (χ2v) is 6.13. The van der Waals surface area contributed by atoms with E-state index in [2.05, 4.69) is 4.72 Å². The Labute approximate surface area is 113 Å². The topological polar surface area (TPSA) is 83.5 Å². The molecule has 19 heavy (non-hydrogen) atoms. The molecule has 6 heteroatoms. The molecule has 0 fully saturated rings. The number of carbonyl (C=O) groups is 1. The van der Waals surface area contributed by atoms with E-state index in [4.69, 9.17) is 5.11 Å². The van der Waals surface area contributed by atoms with Crippen molar-refractivity contribution in [3.63, 3.8) is 0 Å². The first kappa shape index (κ1) is 15.7. The van der Waals surface area contributed by atoms with E-state index in [1.807, 2.05) is 6.92 Å². The molecule has 0 unspecified atom stereocenters. The van der Waals surface area contributed by atoms with Crippen molar-refractivity contribution in [1.29, 1.82) is 0 Å². The molecule has 0 saturated heterocycles. The number of carboxylic acid groups (broad SMARTS) is 1. The first-order valence-corrected chi connectivity index (χ1v) is 7.70. The maximum Gasteiger partial charge on any atom is 0.335 e. The van der Waals surface area contributed by atoms with Gasteiger partial charge in [-0.3, -0.25) is 0 Å². The van der Waals surface area contributed by atoms with Crippen LogP contribution in [0.3, 0.4) is 0 Å². The highest BCUT2D eigenvalue weighted by molar-refractivity contribution is 7.89. The molecule has 0 aromatic heterocycles. The summed E-state index contributed by atoms with van der Waals surface area (Å²) in [5.74, 6) is -1.14. The van der Waals surface area contributed by atoms with E-state index in [0.29, 0.717) is 12.1 Å². The van der Waals surface area contributed by atoms with Gasteiger partial charge in [-0.25, -0.2) is 17.9 Å². The van der Waals surface area contributed by atoms with Crippen LogP contribution in [0.15, 0.2) is 23.1 Å². The molecule has 106 valence electrons. The molecule has 0 saturated carbocycles. The van der Waals surface area contributed by atoms with Crippen molar-refractivity contribution in [2.24, 2.45) is 0 Å². The van der Waals surface area contributed by atoms with Gasteiger partial charge in [0.15, 0.2) is 0 Å². The number of unbranched alkanes of at least 4 members (excludes halogenated alkanes) is 2. The van der Waals surface area contributed by atoms with Crippen LogP contribution in [0.2, 0.25) is 0 Å². The Bertz CT molecular complexity index is 552. The summed E-state index contributed by atoms with van der Waals surface area (Å²) in [6.07, 6.45) is 2.74. The van der Waals surface area contributed by atoms with Crippen LogP contribution in [-0.4, -0.2) is 26.0 Å². The molecule has 0 spiro atoms. The van der Waals surface area contributed by atoms with Crippen LogP contribution >= 0.6 is 0 Å². The predicted molar refractivity (Wildman–Crippen MR) is 72.9 cm³/mol. The van der Waals surface area contributed by atoms with Gasteiger partial charge in [0.25, 0.3) is 0 Å². The summed E-state index contributed by atoms with van der Waals surface area (Å²) >= 11 is 0. The Morgan fingerprint density at radius 2 is 2.00 bits per heavy atom. The van der Waals surface area contributed by atoms with E-state index in [1.165, 1.54) is 18.2 Å². The van der Waals surface area contributed by atoms with Gasteiger partial charge in [-0.15, -0.1) is 0 Å². The summed E-state index contributed by atoms with van der Waals surface area (Å²) in [6.45, 7) is 4.05. The highest BCUT2D eigenvalue weighted by Crippen LogP contribution is 2.17. The lowest BCUT2D eigenvalue weighted by Crippen LogP contribution is -2.25. The van der Waals surface area contributed by atoms with Gasteiger partial charge < -0.3 is 5.11 Å². The van der Waals surface area contributed by atoms with Crippen LogP contribution < -0.4 is 4.72 Å². The zero-order valence-electron chi connectivity index (χ0n) is 11.1. The van der Waals surface area contributed by atoms with Crippen LogP contribution in [0, 0.1) is 6.92 Å². The highest BCUT2D eigenvalue weighted by atomic mass is 32.2. The molecule has 1 aromatic carbocycles. The molecule has 0 radical (unpaired) electrons. The van der Waals surface area contributed by atoms with E-state index >= 15 is 0 Å². The standard InChI is InChI=1S/C13H19NO4S/c1-3-4-5-8-14-19(17,18)12-9-11(13(15)16)7-6-10(12)2/h6-7,9,14H,3-5,8H2,1-2H3,(H,15,16). The molecule has 0 bridgehead atoms. The van der Waals surface area contributed by atoms with E-state index in [1.54, 1.807) is 6.92 Å². The maximum absolute atomic E-state index is 12.1. The minimum Gasteiger partial charge on any atom is -0.478 e. The molecule has 0 aliphatic carbocycles. The molecule has 0 aliphatic heterocycles.